The second-order valence-corrected chi connectivity index (χ2v) is 17.0. The fourth-order valence-electron chi connectivity index (χ4n) is 8.88. The number of carbonyl (C=O) groups excluding carboxylic acids is 4. The zero-order chi connectivity index (χ0) is 45.1. The van der Waals surface area contributed by atoms with E-state index in [0.717, 1.165) is 50.8 Å². The molecule has 15 nitrogen and oxygen atoms in total. The van der Waals surface area contributed by atoms with E-state index in [0.29, 0.717) is 30.2 Å². The molecule has 64 heavy (non-hydrogen) atoms. The molecule has 4 N–H and O–H groups in total. The van der Waals surface area contributed by atoms with Gasteiger partial charge in [-0.05, 0) is 69.8 Å². The smallest absolute Gasteiger partial charge is 0.407 e. The van der Waals surface area contributed by atoms with Crippen LogP contribution < -0.4 is 10.6 Å². The summed E-state index contributed by atoms with van der Waals surface area (Å²) in [5, 5.41) is 17.4. The number of alkyl carbamates (subject to hydrolysis) is 2. The van der Waals surface area contributed by atoms with E-state index in [1.807, 2.05) is 30.9 Å². The molecule has 0 saturated carbocycles. The van der Waals surface area contributed by atoms with Crippen molar-refractivity contribution in [3.05, 3.63) is 121 Å². The number of likely N-dealkylation sites (tertiary alicyclic amines) is 2. The van der Waals surface area contributed by atoms with Crippen LogP contribution in [0.5, 0.6) is 0 Å². The molecule has 0 spiro atoms. The van der Waals surface area contributed by atoms with Gasteiger partial charge in [-0.1, -0.05) is 99.6 Å². The first kappa shape index (κ1) is 43.2. The molecule has 0 radical (unpaired) electrons. The number of nitriles is 1. The summed E-state index contributed by atoms with van der Waals surface area (Å²) in [6.07, 6.45) is 3.34. The van der Waals surface area contributed by atoms with Gasteiger partial charge in [-0.25, -0.2) is 19.6 Å². The molecule has 0 bridgehead atoms. The molecule has 15 heteroatoms. The SMILES string of the molecule is COC(=O)N[C@H](C(=O)N1C[C@H](C)C[C@H]1c1ncc(-c2ccc(-c3ccc4cc(-c5cnc([C@@H]6C[C@H](C#N)CN6C(=O)[C@H](NC(=O)OC)c6ccccc6)[nH]5)ccc4c3)cc2)[nH]1)C(C)C. The van der Waals surface area contributed by atoms with Crippen LogP contribution in [-0.4, -0.2) is 87.1 Å². The number of fused-ring (bicyclic) bond motifs is 1. The Morgan fingerprint density at radius 1 is 0.703 bits per heavy atom. The molecule has 2 aliphatic heterocycles. The van der Waals surface area contributed by atoms with Crippen LogP contribution in [0.4, 0.5) is 9.59 Å². The predicted octanol–water partition coefficient (Wildman–Crippen LogP) is 8.09. The van der Waals surface area contributed by atoms with E-state index < -0.39 is 36.2 Å². The Kier molecular flexibility index (Phi) is 12.5. The fourth-order valence-corrected chi connectivity index (χ4v) is 8.88. The van der Waals surface area contributed by atoms with Gasteiger partial charge in [0.15, 0.2) is 0 Å². The molecule has 328 valence electrons. The lowest BCUT2D eigenvalue weighted by molar-refractivity contribution is -0.136. The van der Waals surface area contributed by atoms with Gasteiger partial charge >= 0.3 is 12.2 Å². The standard InChI is InChI=1S/C49H51N9O6/c1-28(2)42(55-48(61)63-4)46(59)57-26-29(3)19-40(57)44-51-24-38(53-44)32-13-11-31(12-14-32)34-15-16-36-22-37(18-17-35(36)21-34)39-25-52-45(54-39)41-20-30(23-50)27-58(41)47(60)43(56-49(62)64-5)33-9-7-6-8-10-33/h6-18,21-22,24-25,28-30,40-43H,19-20,26-27H2,1-5H3,(H,51,53)(H,52,54)(H,55,61)(H,56,62)/t29-,30-,40+,41+,42+,43-/m1/s1. The summed E-state index contributed by atoms with van der Waals surface area (Å²) in [7, 11) is 2.53. The third-order valence-electron chi connectivity index (χ3n) is 12.3. The van der Waals surface area contributed by atoms with E-state index in [9.17, 15) is 24.4 Å². The average molecular weight is 862 g/mol. The molecular weight excluding hydrogens is 811 g/mol. The number of nitrogens with one attached hydrogen (secondary N) is 4. The van der Waals surface area contributed by atoms with E-state index in [4.69, 9.17) is 19.4 Å². The second kappa shape index (κ2) is 18.5. The Morgan fingerprint density at radius 2 is 1.25 bits per heavy atom. The van der Waals surface area contributed by atoms with E-state index in [2.05, 4.69) is 88.2 Å². The van der Waals surface area contributed by atoms with E-state index in [-0.39, 0.29) is 36.2 Å². The lowest BCUT2D eigenvalue weighted by Gasteiger charge is -2.30. The maximum atomic E-state index is 14.1. The molecule has 4 amide bonds. The number of rotatable bonds is 11. The van der Waals surface area contributed by atoms with Crippen LogP contribution in [0.15, 0.2) is 103 Å². The predicted molar refractivity (Wildman–Crippen MR) is 240 cm³/mol. The van der Waals surface area contributed by atoms with Gasteiger partial charge in [-0.3, -0.25) is 9.59 Å². The van der Waals surface area contributed by atoms with Crippen molar-refractivity contribution < 1.29 is 28.7 Å². The number of nitrogens with zero attached hydrogens (tertiary/aromatic N) is 5. The lowest BCUT2D eigenvalue weighted by atomic mass is 9.98. The normalized spacial score (nSPS) is 19.3. The number of carbonyl (C=O) groups is 4. The number of hydrogen-bond donors (Lipinski definition) is 4. The Hall–Kier alpha value is -7.47. The molecule has 8 rings (SSSR count). The summed E-state index contributed by atoms with van der Waals surface area (Å²) >= 11 is 0. The van der Waals surface area contributed by atoms with Gasteiger partial charge in [-0.2, -0.15) is 5.26 Å². The fraction of sp³-hybridized carbons (Fsp3) is 0.327. The molecule has 2 aliphatic rings. The van der Waals surface area contributed by atoms with Crippen LogP contribution >= 0.6 is 0 Å². The van der Waals surface area contributed by atoms with Crippen molar-refractivity contribution in [2.45, 2.75) is 57.8 Å². The summed E-state index contributed by atoms with van der Waals surface area (Å²) in [6, 6.07) is 29.6. The van der Waals surface area contributed by atoms with Crippen molar-refractivity contribution >= 4 is 34.8 Å². The van der Waals surface area contributed by atoms with E-state index in [1.54, 1.807) is 41.6 Å². The van der Waals surface area contributed by atoms with Crippen molar-refractivity contribution in [1.29, 1.82) is 5.26 Å². The first-order valence-corrected chi connectivity index (χ1v) is 21.4. The number of imidazole rings is 2. The number of H-pyrrole nitrogens is 2. The highest BCUT2D eigenvalue weighted by Crippen LogP contribution is 2.39. The van der Waals surface area contributed by atoms with Crippen LogP contribution in [0.3, 0.4) is 0 Å². The minimum atomic E-state index is -1.00. The van der Waals surface area contributed by atoms with E-state index >= 15 is 0 Å². The molecule has 2 saturated heterocycles. The van der Waals surface area contributed by atoms with Gasteiger partial charge in [-0.15, -0.1) is 0 Å². The second-order valence-electron chi connectivity index (χ2n) is 17.0. The molecule has 0 unspecified atom stereocenters. The summed E-state index contributed by atoms with van der Waals surface area (Å²) in [4.78, 5) is 72.0. The Balaban J connectivity index is 0.965. The summed E-state index contributed by atoms with van der Waals surface area (Å²) in [6.45, 7) is 6.69. The van der Waals surface area contributed by atoms with Gasteiger partial charge in [0.2, 0.25) is 5.91 Å². The average Bonchev–Trinajstić information content (AvgIpc) is 4.16. The van der Waals surface area contributed by atoms with Crippen molar-refractivity contribution in [3.8, 4) is 39.7 Å². The molecule has 2 aromatic heterocycles. The highest BCUT2D eigenvalue weighted by molar-refractivity contribution is 5.91. The van der Waals surface area contributed by atoms with Crippen molar-refractivity contribution in [1.82, 2.24) is 40.4 Å². The number of amides is 4. The first-order valence-electron chi connectivity index (χ1n) is 21.4. The quantitative estimate of drug-likeness (QED) is 0.0995. The number of ether oxygens (including phenoxy) is 2. The molecule has 6 aromatic rings. The van der Waals surface area contributed by atoms with Crippen LogP contribution in [0.25, 0.3) is 44.4 Å². The molecule has 6 atom stereocenters. The molecular formula is C49H51N9O6. The Morgan fingerprint density at radius 3 is 1.88 bits per heavy atom. The first-order chi connectivity index (χ1) is 30.9. The van der Waals surface area contributed by atoms with Crippen molar-refractivity contribution in [2.75, 3.05) is 27.3 Å². The van der Waals surface area contributed by atoms with Gasteiger partial charge in [0.05, 0.1) is 62.1 Å². The number of aromatic nitrogens is 4. The monoisotopic (exact) mass is 861 g/mol. The van der Waals surface area contributed by atoms with Gasteiger partial charge in [0.1, 0.15) is 23.7 Å². The minimum absolute atomic E-state index is 0.124. The number of methoxy groups -OCH3 is 2. The van der Waals surface area contributed by atoms with Crippen molar-refractivity contribution in [2.24, 2.45) is 17.8 Å². The Bertz CT molecular complexity index is 2710. The summed E-state index contributed by atoms with van der Waals surface area (Å²) in [5.74, 6) is 0.507. The van der Waals surface area contributed by atoms with Crippen LogP contribution in [0.1, 0.15) is 69.0 Å². The maximum absolute atomic E-state index is 14.1. The zero-order valence-electron chi connectivity index (χ0n) is 36.4. The number of benzene rings is 4. The third-order valence-corrected chi connectivity index (χ3v) is 12.3. The molecule has 4 aromatic carbocycles. The zero-order valence-corrected chi connectivity index (χ0v) is 36.4. The molecule has 2 fully saturated rings. The maximum Gasteiger partial charge on any atom is 0.407 e. The molecule has 4 heterocycles. The van der Waals surface area contributed by atoms with Crippen LogP contribution in [-0.2, 0) is 19.1 Å². The topological polar surface area (TPSA) is 198 Å². The van der Waals surface area contributed by atoms with Gasteiger partial charge in [0, 0.05) is 18.7 Å². The summed E-state index contributed by atoms with van der Waals surface area (Å²) < 4.78 is 9.62. The van der Waals surface area contributed by atoms with E-state index in [1.165, 1.54) is 14.2 Å². The van der Waals surface area contributed by atoms with Gasteiger partial charge < -0.3 is 39.9 Å². The van der Waals surface area contributed by atoms with Crippen LogP contribution in [0.2, 0.25) is 0 Å². The van der Waals surface area contributed by atoms with Crippen LogP contribution in [0, 0.1) is 29.1 Å². The minimum Gasteiger partial charge on any atom is -0.453 e. The van der Waals surface area contributed by atoms with Crippen molar-refractivity contribution in [3.63, 3.8) is 0 Å². The third kappa shape index (κ3) is 8.90. The largest absolute Gasteiger partial charge is 0.453 e. The highest BCUT2D eigenvalue weighted by atomic mass is 16.5. The number of hydrogen-bond acceptors (Lipinski definition) is 9. The summed E-state index contributed by atoms with van der Waals surface area (Å²) in [5.41, 5.74) is 6.21. The lowest BCUT2D eigenvalue weighted by Crippen LogP contribution is -2.51. The molecule has 0 aliphatic carbocycles. The Labute approximate surface area is 371 Å². The number of aromatic amines is 2. The van der Waals surface area contributed by atoms with Gasteiger partial charge in [0.25, 0.3) is 5.91 Å². The highest BCUT2D eigenvalue weighted by Gasteiger charge is 2.42.